The predicted octanol–water partition coefficient (Wildman–Crippen LogP) is 2.38. The van der Waals surface area contributed by atoms with Gasteiger partial charge in [0.15, 0.2) is 0 Å². The van der Waals surface area contributed by atoms with Crippen molar-refractivity contribution in [1.29, 1.82) is 0 Å². The highest BCUT2D eigenvalue weighted by Gasteiger charge is 2.10. The SMILES string of the molecule is CCOc1ccc(C(CCO)NC)cc1Cl. The van der Waals surface area contributed by atoms with Crippen LogP contribution in [0.25, 0.3) is 0 Å². The molecular weight excluding hydrogens is 226 g/mol. The van der Waals surface area contributed by atoms with Crippen LogP contribution >= 0.6 is 11.6 Å². The lowest BCUT2D eigenvalue weighted by Gasteiger charge is -2.16. The second-order valence-corrected chi connectivity index (χ2v) is 3.88. The van der Waals surface area contributed by atoms with Crippen molar-refractivity contribution >= 4 is 11.6 Å². The van der Waals surface area contributed by atoms with E-state index < -0.39 is 0 Å². The average molecular weight is 244 g/mol. The zero-order valence-corrected chi connectivity index (χ0v) is 10.4. The van der Waals surface area contributed by atoms with Crippen LogP contribution < -0.4 is 10.1 Å². The maximum absolute atomic E-state index is 8.94. The molecule has 4 heteroatoms. The Kier molecular flexibility index (Phi) is 5.60. The van der Waals surface area contributed by atoms with Crippen molar-refractivity contribution in [2.24, 2.45) is 0 Å². The van der Waals surface area contributed by atoms with Crippen LogP contribution in [-0.2, 0) is 0 Å². The van der Waals surface area contributed by atoms with E-state index in [9.17, 15) is 0 Å². The quantitative estimate of drug-likeness (QED) is 0.806. The van der Waals surface area contributed by atoms with Crippen molar-refractivity contribution in [1.82, 2.24) is 5.32 Å². The summed E-state index contributed by atoms with van der Waals surface area (Å²) in [5.41, 5.74) is 1.06. The van der Waals surface area contributed by atoms with Crippen molar-refractivity contribution in [3.63, 3.8) is 0 Å². The normalized spacial score (nSPS) is 12.5. The van der Waals surface area contributed by atoms with E-state index >= 15 is 0 Å². The van der Waals surface area contributed by atoms with E-state index in [-0.39, 0.29) is 12.6 Å². The third-order valence-corrected chi connectivity index (χ3v) is 2.72. The van der Waals surface area contributed by atoms with Crippen LogP contribution in [0.1, 0.15) is 24.9 Å². The smallest absolute Gasteiger partial charge is 0.137 e. The number of hydrogen-bond acceptors (Lipinski definition) is 3. The lowest BCUT2D eigenvalue weighted by Crippen LogP contribution is -2.17. The molecule has 2 N–H and O–H groups in total. The molecule has 1 atom stereocenters. The standard InChI is InChI=1S/C12H18ClNO2/c1-3-16-12-5-4-9(8-10(12)13)11(14-2)6-7-15/h4-5,8,11,14-15H,3,6-7H2,1-2H3. The number of halogens is 1. The van der Waals surface area contributed by atoms with Crippen LogP contribution in [0.4, 0.5) is 0 Å². The van der Waals surface area contributed by atoms with Gasteiger partial charge in [-0.1, -0.05) is 17.7 Å². The molecule has 0 amide bonds. The first-order valence-corrected chi connectivity index (χ1v) is 5.81. The molecule has 16 heavy (non-hydrogen) atoms. The minimum atomic E-state index is 0.123. The fourth-order valence-electron chi connectivity index (χ4n) is 1.61. The molecule has 0 aliphatic rings. The lowest BCUT2D eigenvalue weighted by molar-refractivity contribution is 0.268. The molecule has 0 radical (unpaired) electrons. The summed E-state index contributed by atoms with van der Waals surface area (Å²) in [6.45, 7) is 2.67. The molecular formula is C12H18ClNO2. The van der Waals surface area contributed by atoms with Crippen molar-refractivity contribution in [3.8, 4) is 5.75 Å². The van der Waals surface area contributed by atoms with E-state index in [2.05, 4.69) is 5.32 Å². The molecule has 0 fully saturated rings. The number of benzene rings is 1. The molecule has 0 heterocycles. The minimum absolute atomic E-state index is 0.123. The van der Waals surface area contributed by atoms with Gasteiger partial charge in [-0.25, -0.2) is 0 Å². The van der Waals surface area contributed by atoms with Gasteiger partial charge in [0.25, 0.3) is 0 Å². The predicted molar refractivity (Wildman–Crippen MR) is 66.1 cm³/mol. The summed E-state index contributed by atoms with van der Waals surface area (Å²) in [4.78, 5) is 0. The van der Waals surface area contributed by atoms with E-state index in [1.165, 1.54) is 0 Å². The molecule has 0 saturated carbocycles. The molecule has 0 aliphatic carbocycles. The summed E-state index contributed by atoms with van der Waals surface area (Å²) in [5, 5.41) is 12.7. The Morgan fingerprint density at radius 1 is 1.50 bits per heavy atom. The summed E-state index contributed by atoms with van der Waals surface area (Å²) < 4.78 is 5.36. The van der Waals surface area contributed by atoms with E-state index in [1.54, 1.807) is 0 Å². The first kappa shape index (κ1) is 13.3. The Bertz CT molecular complexity index is 331. The summed E-state index contributed by atoms with van der Waals surface area (Å²) in [7, 11) is 1.87. The molecule has 0 saturated heterocycles. The highest BCUT2D eigenvalue weighted by molar-refractivity contribution is 6.32. The average Bonchev–Trinajstić information content (AvgIpc) is 2.29. The zero-order valence-electron chi connectivity index (χ0n) is 9.66. The second-order valence-electron chi connectivity index (χ2n) is 3.48. The molecule has 0 spiro atoms. The van der Waals surface area contributed by atoms with Crippen LogP contribution in [0.2, 0.25) is 5.02 Å². The summed E-state index contributed by atoms with van der Waals surface area (Å²) in [5.74, 6) is 0.701. The molecule has 1 unspecified atom stereocenters. The Hall–Kier alpha value is -0.770. The van der Waals surface area contributed by atoms with E-state index in [0.29, 0.717) is 23.8 Å². The van der Waals surface area contributed by atoms with Crippen LogP contribution in [0.5, 0.6) is 5.75 Å². The number of rotatable bonds is 6. The molecule has 1 aromatic rings. The van der Waals surface area contributed by atoms with Gasteiger partial charge >= 0.3 is 0 Å². The van der Waals surface area contributed by atoms with Crippen molar-refractivity contribution in [3.05, 3.63) is 28.8 Å². The van der Waals surface area contributed by atoms with E-state index in [4.69, 9.17) is 21.4 Å². The Balaban J connectivity index is 2.85. The number of aliphatic hydroxyl groups is 1. The Morgan fingerprint density at radius 3 is 2.75 bits per heavy atom. The van der Waals surface area contributed by atoms with E-state index in [1.807, 2.05) is 32.2 Å². The second kappa shape index (κ2) is 6.74. The molecule has 3 nitrogen and oxygen atoms in total. The number of ether oxygens (including phenoxy) is 1. The maximum atomic E-state index is 8.94. The summed E-state index contributed by atoms with van der Waals surface area (Å²) in [6, 6.07) is 5.83. The maximum Gasteiger partial charge on any atom is 0.137 e. The van der Waals surface area contributed by atoms with Crippen molar-refractivity contribution in [2.75, 3.05) is 20.3 Å². The minimum Gasteiger partial charge on any atom is -0.492 e. The third-order valence-electron chi connectivity index (χ3n) is 2.42. The Morgan fingerprint density at radius 2 is 2.25 bits per heavy atom. The zero-order chi connectivity index (χ0) is 12.0. The Labute approximate surface area is 101 Å². The van der Waals surface area contributed by atoms with E-state index in [0.717, 1.165) is 5.56 Å². The van der Waals surface area contributed by atoms with Gasteiger partial charge in [0, 0.05) is 12.6 Å². The van der Waals surface area contributed by atoms with Gasteiger partial charge in [-0.05, 0) is 38.1 Å². The van der Waals surface area contributed by atoms with Crippen molar-refractivity contribution < 1.29 is 9.84 Å². The largest absolute Gasteiger partial charge is 0.492 e. The van der Waals surface area contributed by atoms with Gasteiger partial charge in [0.05, 0.1) is 11.6 Å². The fraction of sp³-hybridized carbons (Fsp3) is 0.500. The molecule has 90 valence electrons. The topological polar surface area (TPSA) is 41.5 Å². The molecule has 0 aromatic heterocycles. The summed E-state index contributed by atoms with van der Waals surface area (Å²) in [6.07, 6.45) is 0.667. The fourth-order valence-corrected chi connectivity index (χ4v) is 1.86. The lowest BCUT2D eigenvalue weighted by atomic mass is 10.0. The highest BCUT2D eigenvalue weighted by atomic mass is 35.5. The van der Waals surface area contributed by atoms with Gasteiger partial charge in [-0.15, -0.1) is 0 Å². The molecule has 1 aromatic carbocycles. The van der Waals surface area contributed by atoms with Gasteiger partial charge in [0.2, 0.25) is 0 Å². The van der Waals surface area contributed by atoms with Gasteiger partial charge in [0.1, 0.15) is 5.75 Å². The number of aliphatic hydroxyl groups excluding tert-OH is 1. The van der Waals surface area contributed by atoms with Gasteiger partial charge < -0.3 is 15.2 Å². The van der Waals surface area contributed by atoms with Crippen molar-refractivity contribution in [2.45, 2.75) is 19.4 Å². The molecule has 0 bridgehead atoms. The van der Waals surface area contributed by atoms with Crippen LogP contribution in [0.15, 0.2) is 18.2 Å². The third kappa shape index (κ3) is 3.37. The first-order chi connectivity index (χ1) is 7.72. The number of nitrogens with one attached hydrogen (secondary N) is 1. The summed E-state index contributed by atoms with van der Waals surface area (Å²) >= 11 is 6.09. The number of hydrogen-bond donors (Lipinski definition) is 2. The van der Waals surface area contributed by atoms with Crippen LogP contribution in [0, 0.1) is 0 Å². The van der Waals surface area contributed by atoms with Crippen LogP contribution in [-0.4, -0.2) is 25.4 Å². The molecule has 0 aliphatic heterocycles. The van der Waals surface area contributed by atoms with Gasteiger partial charge in [-0.2, -0.15) is 0 Å². The van der Waals surface area contributed by atoms with Gasteiger partial charge in [-0.3, -0.25) is 0 Å². The monoisotopic (exact) mass is 243 g/mol. The highest BCUT2D eigenvalue weighted by Crippen LogP contribution is 2.28. The molecule has 1 rings (SSSR count). The first-order valence-electron chi connectivity index (χ1n) is 5.43. The van der Waals surface area contributed by atoms with Crippen LogP contribution in [0.3, 0.4) is 0 Å².